The Balaban J connectivity index is 0.000000307. The summed E-state index contributed by atoms with van der Waals surface area (Å²) in [7, 11) is 4.08. The van der Waals surface area contributed by atoms with Crippen LogP contribution in [0.5, 0.6) is 0 Å². The first kappa shape index (κ1) is 25.8. The maximum absolute atomic E-state index is 10.2. The van der Waals surface area contributed by atoms with Gasteiger partial charge in [-0.2, -0.15) is 0 Å². The minimum Gasteiger partial charge on any atom is -0.492 e. The van der Waals surface area contributed by atoms with Crippen molar-refractivity contribution in [1.29, 1.82) is 0 Å². The van der Waals surface area contributed by atoms with E-state index in [0.717, 1.165) is 22.9 Å². The fourth-order valence-corrected chi connectivity index (χ4v) is 4.06. The van der Waals surface area contributed by atoms with Gasteiger partial charge in [0.15, 0.2) is 0 Å². The highest BCUT2D eigenvalue weighted by molar-refractivity contribution is 7.99. The van der Waals surface area contributed by atoms with Crippen molar-refractivity contribution in [3.63, 3.8) is 0 Å². The third-order valence-electron chi connectivity index (χ3n) is 4.45. The first-order valence-corrected chi connectivity index (χ1v) is 11.0. The van der Waals surface area contributed by atoms with E-state index < -0.39 is 5.97 Å². The van der Waals surface area contributed by atoms with Crippen LogP contribution in [0, 0.1) is 0 Å². The number of halogens is 2. The molecule has 1 heterocycles. The number of fused-ring (bicyclic) bond motifs is 2. The van der Waals surface area contributed by atoms with Crippen molar-refractivity contribution >= 4 is 53.6 Å². The summed E-state index contributed by atoms with van der Waals surface area (Å²) in [6.45, 7) is 1.53. The van der Waals surface area contributed by atoms with Crippen molar-refractivity contribution in [3.05, 3.63) is 94.5 Å². The van der Waals surface area contributed by atoms with Crippen LogP contribution < -0.4 is 0 Å². The van der Waals surface area contributed by atoms with Gasteiger partial charge in [0.25, 0.3) is 0 Å². The summed E-state index contributed by atoms with van der Waals surface area (Å²) in [6, 6.07) is 22.6. The lowest BCUT2D eigenvalue weighted by Crippen LogP contribution is -2.17. The molecule has 0 saturated heterocycles. The molecule has 3 aromatic rings. The second-order valence-corrected chi connectivity index (χ2v) is 8.63. The molecule has 0 spiro atoms. The van der Waals surface area contributed by atoms with Gasteiger partial charge in [-0.15, -0.1) is 12.4 Å². The van der Waals surface area contributed by atoms with Crippen LogP contribution in [0.2, 0.25) is 5.02 Å². The van der Waals surface area contributed by atoms with Crippen molar-refractivity contribution in [2.75, 3.05) is 27.2 Å². The van der Waals surface area contributed by atoms with Crippen LogP contribution in [0.3, 0.4) is 0 Å². The number of likely N-dealkylation sites (N-methyl/N-ethyl adjacent to an activating group) is 1. The van der Waals surface area contributed by atoms with Gasteiger partial charge in [-0.05, 0) is 62.1 Å². The van der Waals surface area contributed by atoms with Crippen LogP contribution >= 0.6 is 35.8 Å². The molecule has 0 fully saturated rings. The highest BCUT2D eigenvalue weighted by Gasteiger charge is 2.17. The number of nitrogens with zero attached hydrogens (tertiary/aromatic N) is 1. The molecule has 1 aliphatic heterocycles. The molecule has 0 aromatic heterocycles. The quantitative estimate of drug-likeness (QED) is 0.432. The van der Waals surface area contributed by atoms with Gasteiger partial charge in [-0.1, -0.05) is 59.8 Å². The van der Waals surface area contributed by atoms with Gasteiger partial charge in [-0.3, -0.25) is 0 Å². The number of carboxylic acids is 1. The second-order valence-electron chi connectivity index (χ2n) is 7.11. The SMILES string of the molecule is CN(C)CCOC1=Cc2ccccc2Sc2ccc(Cl)cc21.Cl.O=C(O)c1ccccc1. The fraction of sp³-hybridized carbons (Fsp3) is 0.160. The molecule has 0 saturated carbocycles. The zero-order chi connectivity index (χ0) is 22.2. The average molecular weight is 490 g/mol. The Morgan fingerprint density at radius 2 is 1.69 bits per heavy atom. The molecule has 7 heteroatoms. The number of benzene rings is 3. The van der Waals surface area contributed by atoms with Gasteiger partial charge >= 0.3 is 5.97 Å². The largest absolute Gasteiger partial charge is 0.492 e. The van der Waals surface area contributed by atoms with Crippen molar-refractivity contribution < 1.29 is 14.6 Å². The maximum atomic E-state index is 10.2. The fourth-order valence-electron chi connectivity index (χ4n) is 2.85. The highest BCUT2D eigenvalue weighted by atomic mass is 35.5. The number of carbonyl (C=O) groups is 1. The smallest absolute Gasteiger partial charge is 0.335 e. The van der Waals surface area contributed by atoms with Crippen LogP contribution in [0.1, 0.15) is 21.5 Å². The Kier molecular flexibility index (Phi) is 10.1. The van der Waals surface area contributed by atoms with Crippen LogP contribution in [0.25, 0.3) is 11.8 Å². The monoisotopic (exact) mass is 489 g/mol. The Morgan fingerprint density at radius 3 is 2.34 bits per heavy atom. The van der Waals surface area contributed by atoms with Crippen molar-refractivity contribution in [3.8, 4) is 0 Å². The highest BCUT2D eigenvalue weighted by Crippen LogP contribution is 2.41. The van der Waals surface area contributed by atoms with Crippen LogP contribution in [0.4, 0.5) is 0 Å². The Labute approximate surface area is 204 Å². The summed E-state index contributed by atoms with van der Waals surface area (Å²) in [6.07, 6.45) is 2.11. The minimum absolute atomic E-state index is 0. The molecule has 4 nitrogen and oxygen atoms in total. The van der Waals surface area contributed by atoms with Crippen LogP contribution in [-0.4, -0.2) is 43.2 Å². The van der Waals surface area contributed by atoms with E-state index >= 15 is 0 Å². The summed E-state index contributed by atoms with van der Waals surface area (Å²) in [5.74, 6) is 0.00685. The zero-order valence-electron chi connectivity index (χ0n) is 17.8. The molecule has 0 radical (unpaired) electrons. The van der Waals surface area contributed by atoms with Gasteiger partial charge in [0.1, 0.15) is 12.4 Å². The Hall–Kier alpha value is -2.44. The summed E-state index contributed by atoms with van der Waals surface area (Å²) >= 11 is 7.95. The third-order valence-corrected chi connectivity index (χ3v) is 5.85. The number of rotatable bonds is 5. The topological polar surface area (TPSA) is 49.8 Å². The molecule has 0 bridgehead atoms. The summed E-state index contributed by atoms with van der Waals surface area (Å²) in [5, 5.41) is 9.11. The molecule has 1 aliphatic rings. The number of hydrogen-bond acceptors (Lipinski definition) is 4. The molecular formula is C25H25Cl2NO3S. The van der Waals surface area contributed by atoms with Gasteiger partial charge in [0.2, 0.25) is 0 Å². The molecule has 1 N–H and O–H groups in total. The summed E-state index contributed by atoms with van der Waals surface area (Å²) in [5.41, 5.74) is 2.57. The predicted molar refractivity (Wildman–Crippen MR) is 135 cm³/mol. The van der Waals surface area contributed by atoms with Gasteiger partial charge in [0.05, 0.1) is 5.56 Å². The number of hydrogen-bond donors (Lipinski definition) is 1. The molecule has 0 amide bonds. The predicted octanol–water partition coefficient (Wildman–Crippen LogP) is 6.69. The van der Waals surface area contributed by atoms with E-state index in [4.69, 9.17) is 21.4 Å². The van der Waals surface area contributed by atoms with E-state index in [2.05, 4.69) is 41.3 Å². The number of aromatic carboxylic acids is 1. The number of carboxylic acid groups (broad SMARTS) is 1. The van der Waals surface area contributed by atoms with Gasteiger partial charge in [-0.25, -0.2) is 4.79 Å². The van der Waals surface area contributed by atoms with E-state index in [-0.39, 0.29) is 12.4 Å². The molecule has 3 aromatic carbocycles. The van der Waals surface area contributed by atoms with E-state index in [1.807, 2.05) is 26.2 Å². The summed E-state index contributed by atoms with van der Waals surface area (Å²) in [4.78, 5) is 14.7. The first-order valence-electron chi connectivity index (χ1n) is 9.78. The van der Waals surface area contributed by atoms with E-state index in [0.29, 0.717) is 12.2 Å². The van der Waals surface area contributed by atoms with Crippen LogP contribution in [-0.2, 0) is 4.74 Å². The molecule has 0 atom stereocenters. The maximum Gasteiger partial charge on any atom is 0.335 e. The molecule has 0 aliphatic carbocycles. The first-order chi connectivity index (χ1) is 14.9. The van der Waals surface area contributed by atoms with Gasteiger partial charge < -0.3 is 14.7 Å². The average Bonchev–Trinajstić information content (AvgIpc) is 2.91. The van der Waals surface area contributed by atoms with Crippen molar-refractivity contribution in [2.45, 2.75) is 9.79 Å². The van der Waals surface area contributed by atoms with Crippen molar-refractivity contribution in [2.24, 2.45) is 0 Å². The van der Waals surface area contributed by atoms with Crippen LogP contribution in [0.15, 0.2) is 82.6 Å². The Bertz CT molecular complexity index is 1070. The molecule has 0 unspecified atom stereocenters. The van der Waals surface area contributed by atoms with Crippen molar-refractivity contribution in [1.82, 2.24) is 4.90 Å². The Morgan fingerprint density at radius 1 is 1.00 bits per heavy atom. The van der Waals surface area contributed by atoms with Gasteiger partial charge in [0, 0.05) is 26.9 Å². The summed E-state index contributed by atoms with van der Waals surface area (Å²) < 4.78 is 6.06. The molecule has 4 rings (SSSR count). The van der Waals surface area contributed by atoms with E-state index in [1.165, 1.54) is 15.4 Å². The van der Waals surface area contributed by atoms with E-state index in [1.54, 1.807) is 42.1 Å². The minimum atomic E-state index is -0.879. The lowest BCUT2D eigenvalue weighted by Gasteiger charge is -2.15. The normalized spacial score (nSPS) is 11.6. The molecule has 32 heavy (non-hydrogen) atoms. The van der Waals surface area contributed by atoms with E-state index in [9.17, 15) is 4.79 Å². The lowest BCUT2D eigenvalue weighted by molar-refractivity contribution is 0.0697. The lowest BCUT2D eigenvalue weighted by atomic mass is 10.1. The standard InChI is InChI=1S/C18H18ClNOS.C7H6O2.ClH/c1-20(2)9-10-21-16-11-13-5-3-4-6-17(13)22-18-8-7-14(19)12-15(16)18;8-7(9)6-4-2-1-3-5-6;/h3-8,11-12H,9-10H2,1-2H3;1-5H,(H,8,9);1H. The zero-order valence-corrected chi connectivity index (χ0v) is 20.2. The molecule has 168 valence electrons. The molecular weight excluding hydrogens is 465 g/mol. The third kappa shape index (κ3) is 7.31. The second kappa shape index (κ2) is 12.6. The number of ether oxygens (including phenoxy) is 1.